The van der Waals surface area contributed by atoms with Gasteiger partial charge < -0.3 is 5.73 Å². The fourth-order valence-electron chi connectivity index (χ4n) is 0.164. The molecule has 1 nitrogen and oxygen atoms in total. The zero-order chi connectivity index (χ0) is 4.99. The molecule has 0 radical (unpaired) electrons. The number of hydrogen-bond donors (Lipinski definition) is 1. The SMILES string of the molecule is C/C=C/C(N)=S. The predicted octanol–water partition coefficient (Wildman–Crippen LogP) is 0.849. The lowest BCUT2D eigenvalue weighted by Crippen LogP contribution is -2.01. The predicted molar refractivity (Wildman–Crippen MR) is 31.6 cm³/mol. The van der Waals surface area contributed by atoms with E-state index in [0.29, 0.717) is 4.99 Å². The Bertz CT molecular complexity index is 75.6. The van der Waals surface area contributed by atoms with Crippen LogP contribution in [0, 0.1) is 0 Å². The minimum absolute atomic E-state index is 0.442. The summed E-state index contributed by atoms with van der Waals surface area (Å²) in [6.45, 7) is 1.87. The third kappa shape index (κ3) is 3.63. The molecule has 0 aromatic heterocycles. The van der Waals surface area contributed by atoms with Crippen LogP contribution in [0.25, 0.3) is 0 Å². The molecular formula is C4H7NS. The molecule has 0 bridgehead atoms. The number of allylic oxidation sites excluding steroid dienone is 1. The summed E-state index contributed by atoms with van der Waals surface area (Å²) in [5.41, 5.74) is 5.05. The van der Waals surface area contributed by atoms with Gasteiger partial charge in [-0.15, -0.1) is 0 Å². The molecule has 0 aliphatic heterocycles. The Hall–Kier alpha value is -0.370. The maximum Gasteiger partial charge on any atom is 0.0958 e. The summed E-state index contributed by atoms with van der Waals surface area (Å²) >= 11 is 4.49. The fraction of sp³-hybridized carbons (Fsp3) is 0.250. The van der Waals surface area contributed by atoms with E-state index in [1.54, 1.807) is 6.08 Å². The topological polar surface area (TPSA) is 26.0 Å². The van der Waals surface area contributed by atoms with E-state index in [9.17, 15) is 0 Å². The van der Waals surface area contributed by atoms with Crippen molar-refractivity contribution in [2.45, 2.75) is 6.92 Å². The van der Waals surface area contributed by atoms with E-state index in [4.69, 9.17) is 5.73 Å². The number of hydrogen-bond acceptors (Lipinski definition) is 1. The standard InChI is InChI=1S/C4H7NS/c1-2-3-4(5)6/h2-3H,1H3,(H2,5,6)/b3-2+. The van der Waals surface area contributed by atoms with Crippen molar-refractivity contribution in [1.29, 1.82) is 0 Å². The van der Waals surface area contributed by atoms with Crippen molar-refractivity contribution in [1.82, 2.24) is 0 Å². The highest BCUT2D eigenvalue weighted by atomic mass is 32.1. The summed E-state index contributed by atoms with van der Waals surface area (Å²) < 4.78 is 0. The van der Waals surface area contributed by atoms with Crippen molar-refractivity contribution in [3.63, 3.8) is 0 Å². The molecule has 0 amide bonds. The molecule has 0 spiro atoms. The van der Waals surface area contributed by atoms with Crippen LogP contribution in [0.15, 0.2) is 12.2 Å². The van der Waals surface area contributed by atoms with Gasteiger partial charge in [0.05, 0.1) is 4.99 Å². The van der Waals surface area contributed by atoms with E-state index in [1.165, 1.54) is 0 Å². The van der Waals surface area contributed by atoms with Gasteiger partial charge in [0.1, 0.15) is 0 Å². The Morgan fingerprint density at radius 2 is 2.33 bits per heavy atom. The summed E-state index contributed by atoms with van der Waals surface area (Å²) in [6.07, 6.45) is 3.48. The van der Waals surface area contributed by atoms with E-state index in [1.807, 2.05) is 13.0 Å². The molecule has 6 heavy (non-hydrogen) atoms. The molecule has 0 aliphatic rings. The van der Waals surface area contributed by atoms with Crippen molar-refractivity contribution in [2.24, 2.45) is 5.73 Å². The third-order valence-electron chi connectivity index (χ3n) is 0.331. The number of nitrogens with two attached hydrogens (primary N) is 1. The fourth-order valence-corrected chi connectivity index (χ4v) is 0.300. The molecule has 0 heterocycles. The summed E-state index contributed by atoms with van der Waals surface area (Å²) in [6, 6.07) is 0. The number of rotatable bonds is 1. The number of thiocarbonyl (C=S) groups is 1. The molecule has 0 aromatic carbocycles. The maximum absolute atomic E-state index is 5.05. The van der Waals surface area contributed by atoms with Gasteiger partial charge in [-0.25, -0.2) is 0 Å². The van der Waals surface area contributed by atoms with Gasteiger partial charge in [-0.3, -0.25) is 0 Å². The molecule has 0 unspecified atom stereocenters. The molecule has 0 saturated heterocycles. The summed E-state index contributed by atoms with van der Waals surface area (Å²) in [7, 11) is 0. The first-order valence-electron chi connectivity index (χ1n) is 1.69. The Balaban J connectivity index is 3.30. The van der Waals surface area contributed by atoms with Crippen LogP contribution in [-0.4, -0.2) is 4.99 Å². The van der Waals surface area contributed by atoms with E-state index >= 15 is 0 Å². The summed E-state index contributed by atoms with van der Waals surface area (Å²) in [5, 5.41) is 0. The molecule has 0 atom stereocenters. The molecule has 2 heteroatoms. The molecule has 0 saturated carbocycles. The van der Waals surface area contributed by atoms with E-state index in [2.05, 4.69) is 12.2 Å². The van der Waals surface area contributed by atoms with Gasteiger partial charge in [0.15, 0.2) is 0 Å². The lowest BCUT2D eigenvalue weighted by molar-refractivity contribution is 1.73. The normalized spacial score (nSPS) is 9.50. The van der Waals surface area contributed by atoms with Gasteiger partial charge in [0.25, 0.3) is 0 Å². The minimum Gasteiger partial charge on any atom is -0.390 e. The second-order valence-corrected chi connectivity index (χ2v) is 1.37. The quantitative estimate of drug-likeness (QED) is 0.391. The first-order chi connectivity index (χ1) is 2.77. The van der Waals surface area contributed by atoms with Gasteiger partial charge in [-0.2, -0.15) is 0 Å². The van der Waals surface area contributed by atoms with Crippen LogP contribution in [0.5, 0.6) is 0 Å². The van der Waals surface area contributed by atoms with Gasteiger partial charge in [-0.1, -0.05) is 18.3 Å². The van der Waals surface area contributed by atoms with Crippen molar-refractivity contribution in [3.05, 3.63) is 12.2 Å². The molecule has 0 aromatic rings. The van der Waals surface area contributed by atoms with Crippen molar-refractivity contribution >= 4 is 17.2 Å². The summed E-state index contributed by atoms with van der Waals surface area (Å²) in [4.78, 5) is 0.442. The first-order valence-corrected chi connectivity index (χ1v) is 2.10. The van der Waals surface area contributed by atoms with Crippen LogP contribution < -0.4 is 5.73 Å². The molecule has 0 aliphatic carbocycles. The lowest BCUT2D eigenvalue weighted by atomic mass is 10.5. The lowest BCUT2D eigenvalue weighted by Gasteiger charge is -1.74. The highest BCUT2D eigenvalue weighted by Gasteiger charge is 1.67. The van der Waals surface area contributed by atoms with Crippen LogP contribution in [0.1, 0.15) is 6.92 Å². The minimum atomic E-state index is 0.442. The van der Waals surface area contributed by atoms with Crippen molar-refractivity contribution < 1.29 is 0 Å². The van der Waals surface area contributed by atoms with Crippen LogP contribution in [0.4, 0.5) is 0 Å². The van der Waals surface area contributed by atoms with Crippen LogP contribution in [0.2, 0.25) is 0 Å². The average Bonchev–Trinajstić information content (AvgIpc) is 1.35. The highest BCUT2D eigenvalue weighted by Crippen LogP contribution is 1.67. The van der Waals surface area contributed by atoms with Gasteiger partial charge in [0.2, 0.25) is 0 Å². The molecule has 0 fully saturated rings. The van der Waals surface area contributed by atoms with E-state index < -0.39 is 0 Å². The van der Waals surface area contributed by atoms with Gasteiger partial charge in [-0.05, 0) is 13.0 Å². The molecule has 0 rings (SSSR count). The zero-order valence-electron chi connectivity index (χ0n) is 3.64. The second-order valence-electron chi connectivity index (χ2n) is 0.902. The largest absolute Gasteiger partial charge is 0.390 e. The smallest absolute Gasteiger partial charge is 0.0958 e. The first kappa shape index (κ1) is 5.63. The van der Waals surface area contributed by atoms with Crippen LogP contribution >= 0.6 is 12.2 Å². The Kier molecular flexibility index (Phi) is 2.67. The van der Waals surface area contributed by atoms with Crippen LogP contribution in [0.3, 0.4) is 0 Å². The molecule has 2 N–H and O–H groups in total. The maximum atomic E-state index is 5.05. The van der Waals surface area contributed by atoms with Gasteiger partial charge >= 0.3 is 0 Å². The Morgan fingerprint density at radius 3 is 2.33 bits per heavy atom. The molecule has 34 valence electrons. The average molecular weight is 101 g/mol. The second kappa shape index (κ2) is 2.85. The Morgan fingerprint density at radius 1 is 1.83 bits per heavy atom. The van der Waals surface area contributed by atoms with E-state index in [-0.39, 0.29) is 0 Å². The van der Waals surface area contributed by atoms with Crippen molar-refractivity contribution in [2.75, 3.05) is 0 Å². The Labute approximate surface area is 42.8 Å². The molecular weight excluding hydrogens is 94.1 g/mol. The van der Waals surface area contributed by atoms with Gasteiger partial charge in [0, 0.05) is 0 Å². The van der Waals surface area contributed by atoms with Crippen LogP contribution in [-0.2, 0) is 0 Å². The summed E-state index contributed by atoms with van der Waals surface area (Å²) in [5.74, 6) is 0. The third-order valence-corrected chi connectivity index (χ3v) is 0.467. The van der Waals surface area contributed by atoms with E-state index in [0.717, 1.165) is 0 Å². The zero-order valence-corrected chi connectivity index (χ0v) is 4.46. The van der Waals surface area contributed by atoms with Crippen molar-refractivity contribution in [3.8, 4) is 0 Å². The highest BCUT2D eigenvalue weighted by molar-refractivity contribution is 7.80. The monoisotopic (exact) mass is 101 g/mol.